The molecule has 0 atom stereocenters. The Labute approximate surface area is 164 Å². The Bertz CT molecular complexity index is 945. The number of fused-ring (bicyclic) bond motifs is 1. The van der Waals surface area contributed by atoms with Crippen LogP contribution in [0.4, 0.5) is 5.69 Å². The van der Waals surface area contributed by atoms with E-state index in [1.54, 1.807) is 6.07 Å². The van der Waals surface area contributed by atoms with Gasteiger partial charge in [0.1, 0.15) is 5.75 Å². The Hall–Kier alpha value is -2.39. The third-order valence-corrected chi connectivity index (χ3v) is 4.33. The monoisotopic (exact) mass is 437 g/mol. The molecule has 3 rings (SSSR count). The van der Waals surface area contributed by atoms with Gasteiger partial charge in [-0.1, -0.05) is 23.9 Å². The Kier molecular flexibility index (Phi) is 6.76. The van der Waals surface area contributed by atoms with Gasteiger partial charge in [-0.15, -0.1) is 17.0 Å². The van der Waals surface area contributed by atoms with Gasteiger partial charge in [0.25, 0.3) is 5.69 Å². The van der Waals surface area contributed by atoms with Crippen LogP contribution in [0.25, 0.3) is 11.0 Å². The lowest BCUT2D eigenvalue weighted by atomic mass is 10.1. The topological polar surface area (TPSA) is 98.1 Å². The maximum atomic E-state index is 12.2. The number of nitrogens with zero attached hydrogens (tertiary/aromatic N) is 2. The van der Waals surface area contributed by atoms with Crippen molar-refractivity contribution in [1.29, 1.82) is 0 Å². The number of carbonyl (C=O) groups excluding carboxylic acids is 1. The quantitative estimate of drug-likeness (QED) is 0.254. The van der Waals surface area contributed by atoms with Gasteiger partial charge in [-0.25, -0.2) is 4.98 Å². The van der Waals surface area contributed by atoms with Crippen LogP contribution in [-0.4, -0.2) is 33.0 Å². The predicted octanol–water partition coefficient (Wildman–Crippen LogP) is 4.42. The first-order valence-electron chi connectivity index (χ1n) is 7.60. The third-order valence-electron chi connectivity index (χ3n) is 3.46. The number of hydrogen-bond acceptors (Lipinski definition) is 6. The summed E-state index contributed by atoms with van der Waals surface area (Å²) in [5.41, 5.74) is 1.84. The molecule has 136 valence electrons. The van der Waals surface area contributed by atoms with E-state index in [1.165, 1.54) is 30.0 Å². The minimum Gasteiger partial charge on any atom is -0.494 e. The van der Waals surface area contributed by atoms with Gasteiger partial charge in [0, 0.05) is 23.8 Å². The fourth-order valence-corrected chi connectivity index (χ4v) is 3.08. The van der Waals surface area contributed by atoms with Crippen LogP contribution < -0.4 is 4.74 Å². The molecule has 9 heteroatoms. The van der Waals surface area contributed by atoms with Crippen molar-refractivity contribution < 1.29 is 14.5 Å². The smallest absolute Gasteiger partial charge is 0.270 e. The Morgan fingerprint density at radius 2 is 2.12 bits per heavy atom. The summed E-state index contributed by atoms with van der Waals surface area (Å²) in [5.74, 6) is 0.700. The number of thioether (sulfide) groups is 1. The third kappa shape index (κ3) is 4.61. The molecular weight excluding hydrogens is 422 g/mol. The summed E-state index contributed by atoms with van der Waals surface area (Å²) in [5, 5.41) is 11.4. The molecular formula is C17H16BrN3O4S. The lowest BCUT2D eigenvalue weighted by molar-refractivity contribution is -0.384. The van der Waals surface area contributed by atoms with E-state index in [-0.39, 0.29) is 34.2 Å². The highest BCUT2D eigenvalue weighted by Crippen LogP contribution is 2.24. The second kappa shape index (κ2) is 8.81. The van der Waals surface area contributed by atoms with Crippen LogP contribution in [-0.2, 0) is 0 Å². The minimum absolute atomic E-state index is 0. The lowest BCUT2D eigenvalue weighted by Gasteiger charge is -2.00. The lowest BCUT2D eigenvalue weighted by Crippen LogP contribution is -2.03. The van der Waals surface area contributed by atoms with E-state index < -0.39 is 4.92 Å². The standard InChI is InChI=1S/C17H15N3O4S.BrH/c1-2-24-13-6-7-14-15(9-13)19-17(18-14)25-10-16(21)11-4-3-5-12(8-11)20(22)23;/h3-9H,2,10H2,1H3,(H,18,19);1H. The molecule has 0 aliphatic heterocycles. The average Bonchev–Trinajstić information content (AvgIpc) is 3.02. The largest absolute Gasteiger partial charge is 0.494 e. The number of carbonyl (C=O) groups is 1. The first kappa shape index (κ1) is 19.9. The minimum atomic E-state index is -0.515. The number of halogens is 1. The summed E-state index contributed by atoms with van der Waals surface area (Å²) in [4.78, 5) is 30.1. The molecule has 0 saturated carbocycles. The van der Waals surface area contributed by atoms with Gasteiger partial charge in [-0.05, 0) is 19.1 Å². The first-order valence-corrected chi connectivity index (χ1v) is 8.58. The van der Waals surface area contributed by atoms with Gasteiger partial charge >= 0.3 is 0 Å². The predicted molar refractivity (Wildman–Crippen MR) is 106 cm³/mol. The van der Waals surface area contributed by atoms with Crippen LogP contribution in [0.2, 0.25) is 0 Å². The molecule has 0 bridgehead atoms. The number of benzene rings is 2. The number of nitrogens with one attached hydrogen (secondary N) is 1. The normalized spacial score (nSPS) is 10.3. The molecule has 7 nitrogen and oxygen atoms in total. The summed E-state index contributed by atoms with van der Waals surface area (Å²) >= 11 is 1.26. The van der Waals surface area contributed by atoms with Crippen molar-refractivity contribution in [3.8, 4) is 5.75 Å². The summed E-state index contributed by atoms with van der Waals surface area (Å²) in [6.45, 7) is 2.50. The van der Waals surface area contributed by atoms with E-state index in [9.17, 15) is 14.9 Å². The van der Waals surface area contributed by atoms with Crippen LogP contribution in [0.3, 0.4) is 0 Å². The van der Waals surface area contributed by atoms with Crippen LogP contribution >= 0.6 is 28.7 Å². The highest BCUT2D eigenvalue weighted by atomic mass is 79.9. The summed E-state index contributed by atoms with van der Waals surface area (Å²) in [6.07, 6.45) is 0. The van der Waals surface area contributed by atoms with Crippen LogP contribution in [0.5, 0.6) is 5.75 Å². The fraction of sp³-hybridized carbons (Fsp3) is 0.176. The molecule has 1 aromatic heterocycles. The highest BCUT2D eigenvalue weighted by Gasteiger charge is 2.13. The van der Waals surface area contributed by atoms with Gasteiger partial charge in [-0.2, -0.15) is 0 Å². The van der Waals surface area contributed by atoms with Crippen molar-refractivity contribution in [3.05, 3.63) is 58.1 Å². The molecule has 0 saturated heterocycles. The maximum Gasteiger partial charge on any atom is 0.270 e. The van der Waals surface area contributed by atoms with E-state index in [1.807, 2.05) is 25.1 Å². The second-order valence-corrected chi connectivity index (χ2v) is 6.14. The number of hydrogen-bond donors (Lipinski definition) is 1. The second-order valence-electron chi connectivity index (χ2n) is 5.17. The van der Waals surface area contributed by atoms with Crippen molar-refractivity contribution in [2.45, 2.75) is 12.1 Å². The number of imidazole rings is 1. The molecule has 0 amide bonds. The molecule has 1 heterocycles. The van der Waals surface area contributed by atoms with Crippen molar-refractivity contribution in [3.63, 3.8) is 0 Å². The van der Waals surface area contributed by atoms with Gasteiger partial charge in [0.2, 0.25) is 0 Å². The molecule has 1 N–H and O–H groups in total. The summed E-state index contributed by atoms with van der Waals surface area (Å²) in [7, 11) is 0. The number of nitro benzene ring substituents is 1. The molecule has 0 fully saturated rings. The molecule has 3 aromatic rings. The SMILES string of the molecule is Br.CCOc1ccc2nc(SCC(=O)c3cccc([N+](=O)[O-])c3)[nH]c2c1. The number of Topliss-reactive ketones (excluding diaryl/α,β-unsaturated/α-hetero) is 1. The molecule has 26 heavy (non-hydrogen) atoms. The number of aromatic amines is 1. The highest BCUT2D eigenvalue weighted by molar-refractivity contribution is 8.93. The zero-order valence-electron chi connectivity index (χ0n) is 13.8. The van der Waals surface area contributed by atoms with Crippen LogP contribution in [0.15, 0.2) is 47.6 Å². The van der Waals surface area contributed by atoms with E-state index in [4.69, 9.17) is 4.74 Å². The van der Waals surface area contributed by atoms with Gasteiger partial charge < -0.3 is 9.72 Å². The van der Waals surface area contributed by atoms with Crippen LogP contribution in [0, 0.1) is 10.1 Å². The molecule has 0 aliphatic carbocycles. The average molecular weight is 438 g/mol. The van der Waals surface area contributed by atoms with E-state index >= 15 is 0 Å². The number of non-ortho nitro benzene ring substituents is 1. The number of ketones is 1. The molecule has 0 aliphatic rings. The van der Waals surface area contributed by atoms with Gasteiger partial charge in [0.05, 0.1) is 28.3 Å². The Morgan fingerprint density at radius 3 is 2.85 bits per heavy atom. The van der Waals surface area contributed by atoms with E-state index in [2.05, 4.69) is 9.97 Å². The van der Waals surface area contributed by atoms with E-state index in [0.29, 0.717) is 17.3 Å². The Morgan fingerprint density at radius 1 is 1.31 bits per heavy atom. The fourth-order valence-electron chi connectivity index (χ4n) is 2.30. The molecule has 2 aromatic carbocycles. The molecule has 0 unspecified atom stereocenters. The number of rotatable bonds is 7. The zero-order valence-corrected chi connectivity index (χ0v) is 16.3. The first-order chi connectivity index (χ1) is 12.1. The molecule has 0 spiro atoms. The van der Waals surface area contributed by atoms with Crippen molar-refractivity contribution in [1.82, 2.24) is 9.97 Å². The summed E-state index contributed by atoms with van der Waals surface area (Å²) < 4.78 is 5.45. The summed E-state index contributed by atoms with van der Waals surface area (Å²) in [6, 6.07) is 11.3. The maximum absolute atomic E-state index is 12.2. The zero-order chi connectivity index (χ0) is 17.8. The van der Waals surface area contributed by atoms with Crippen molar-refractivity contribution in [2.75, 3.05) is 12.4 Å². The number of nitro groups is 1. The van der Waals surface area contributed by atoms with Gasteiger partial charge in [-0.3, -0.25) is 14.9 Å². The number of aromatic nitrogens is 2. The van der Waals surface area contributed by atoms with Crippen LogP contribution in [0.1, 0.15) is 17.3 Å². The number of ether oxygens (including phenoxy) is 1. The van der Waals surface area contributed by atoms with Gasteiger partial charge in [0.15, 0.2) is 10.9 Å². The number of H-pyrrole nitrogens is 1. The van der Waals surface area contributed by atoms with Crippen molar-refractivity contribution in [2.24, 2.45) is 0 Å². The molecule has 0 radical (unpaired) electrons. The van der Waals surface area contributed by atoms with E-state index in [0.717, 1.165) is 16.8 Å². The Balaban J connectivity index is 0.00000243. The van der Waals surface area contributed by atoms with Crippen molar-refractivity contribution >= 4 is 51.2 Å².